The molecule has 0 bridgehead atoms. The number of phenolic OH excluding ortho intramolecular Hbond substituents is 1. The standard InChI is InChI=1S/C27H27N3O4/c1-29(2)13-14-33-24-10-6-9-22-21(24)11-12-30(22)27(32)26-23(31)15-20(17-28)16-25(26)34-18-19-7-4-3-5-8-19/h3-10,15-16,31H,11-14,18H2,1-2H3. The van der Waals surface area contributed by atoms with Crippen LogP contribution in [0.5, 0.6) is 17.2 Å². The lowest BCUT2D eigenvalue weighted by atomic mass is 10.1. The Bertz CT molecular complexity index is 1220. The van der Waals surface area contributed by atoms with E-state index < -0.39 is 0 Å². The molecule has 34 heavy (non-hydrogen) atoms. The summed E-state index contributed by atoms with van der Waals surface area (Å²) < 4.78 is 11.9. The van der Waals surface area contributed by atoms with E-state index in [-0.39, 0.29) is 35.1 Å². The molecule has 174 valence electrons. The Morgan fingerprint density at radius 3 is 2.62 bits per heavy atom. The van der Waals surface area contributed by atoms with Crippen molar-refractivity contribution in [3.05, 3.63) is 82.9 Å². The second kappa shape index (κ2) is 10.3. The average Bonchev–Trinajstić information content (AvgIpc) is 3.27. The number of carbonyl (C=O) groups is 1. The van der Waals surface area contributed by atoms with Crippen molar-refractivity contribution in [2.75, 3.05) is 38.7 Å². The SMILES string of the molecule is CN(C)CCOc1cccc2c1CCN2C(=O)c1c(O)cc(C#N)cc1OCc1ccccc1. The van der Waals surface area contributed by atoms with E-state index in [1.807, 2.05) is 73.6 Å². The van der Waals surface area contributed by atoms with Crippen molar-refractivity contribution in [1.29, 1.82) is 5.26 Å². The van der Waals surface area contributed by atoms with Crippen molar-refractivity contribution in [3.8, 4) is 23.3 Å². The smallest absolute Gasteiger partial charge is 0.265 e. The fraction of sp³-hybridized carbons (Fsp3) is 0.259. The van der Waals surface area contributed by atoms with Crippen LogP contribution in [-0.4, -0.2) is 49.7 Å². The molecule has 1 N–H and O–H groups in total. The number of benzene rings is 3. The lowest BCUT2D eigenvalue weighted by molar-refractivity contribution is 0.0982. The Morgan fingerprint density at radius 1 is 1.09 bits per heavy atom. The molecule has 1 heterocycles. The molecule has 3 aromatic rings. The highest BCUT2D eigenvalue weighted by Crippen LogP contribution is 2.39. The summed E-state index contributed by atoms with van der Waals surface area (Å²) in [6.07, 6.45) is 0.649. The maximum Gasteiger partial charge on any atom is 0.265 e. The van der Waals surface area contributed by atoms with E-state index in [0.717, 1.165) is 29.1 Å². The molecule has 0 saturated carbocycles. The lowest BCUT2D eigenvalue weighted by Gasteiger charge is -2.21. The van der Waals surface area contributed by atoms with Crippen LogP contribution in [0.1, 0.15) is 27.0 Å². The fourth-order valence-electron chi connectivity index (χ4n) is 3.95. The number of fused-ring (bicyclic) bond motifs is 1. The number of anilines is 1. The lowest BCUT2D eigenvalue weighted by Crippen LogP contribution is -2.29. The van der Waals surface area contributed by atoms with Crippen LogP contribution in [0.4, 0.5) is 5.69 Å². The molecule has 0 atom stereocenters. The summed E-state index contributed by atoms with van der Waals surface area (Å²) in [6.45, 7) is 1.99. The fourth-order valence-corrected chi connectivity index (χ4v) is 3.95. The number of aromatic hydroxyl groups is 1. The molecule has 1 aliphatic rings. The van der Waals surface area contributed by atoms with Gasteiger partial charge in [0.05, 0.1) is 17.3 Å². The topological polar surface area (TPSA) is 86.0 Å². The zero-order valence-electron chi connectivity index (χ0n) is 19.3. The molecule has 0 fully saturated rings. The maximum absolute atomic E-state index is 13.6. The van der Waals surface area contributed by atoms with Gasteiger partial charge in [0.15, 0.2) is 0 Å². The Hall–Kier alpha value is -4.02. The zero-order chi connectivity index (χ0) is 24.1. The Labute approximate surface area is 199 Å². The number of hydrogen-bond donors (Lipinski definition) is 1. The minimum absolute atomic E-state index is 0.0433. The molecule has 7 heteroatoms. The summed E-state index contributed by atoms with van der Waals surface area (Å²) in [4.78, 5) is 17.3. The molecule has 1 aliphatic heterocycles. The number of nitrogens with zero attached hydrogens (tertiary/aromatic N) is 3. The van der Waals surface area contributed by atoms with Crippen LogP contribution in [0.3, 0.4) is 0 Å². The van der Waals surface area contributed by atoms with Crippen LogP contribution in [0.25, 0.3) is 0 Å². The summed E-state index contributed by atoms with van der Waals surface area (Å²) in [5, 5.41) is 20.0. The van der Waals surface area contributed by atoms with Crippen molar-refractivity contribution in [1.82, 2.24) is 4.90 Å². The number of nitriles is 1. The minimum Gasteiger partial charge on any atom is -0.507 e. The van der Waals surface area contributed by atoms with Gasteiger partial charge < -0.3 is 24.4 Å². The Morgan fingerprint density at radius 2 is 1.88 bits per heavy atom. The van der Waals surface area contributed by atoms with Gasteiger partial charge in [-0.25, -0.2) is 0 Å². The molecule has 0 saturated heterocycles. The molecule has 1 amide bonds. The first-order chi connectivity index (χ1) is 16.5. The van der Waals surface area contributed by atoms with Gasteiger partial charge in [0.25, 0.3) is 5.91 Å². The normalized spacial score (nSPS) is 12.4. The summed E-state index contributed by atoms with van der Waals surface area (Å²) >= 11 is 0. The van der Waals surface area contributed by atoms with Crippen LogP contribution in [-0.2, 0) is 13.0 Å². The monoisotopic (exact) mass is 457 g/mol. The predicted octanol–water partition coefficient (Wildman–Crippen LogP) is 3.99. The molecule has 0 aromatic heterocycles. The van der Waals surface area contributed by atoms with Gasteiger partial charge in [0.1, 0.15) is 36.0 Å². The van der Waals surface area contributed by atoms with Gasteiger partial charge in [0, 0.05) is 18.7 Å². The second-order valence-electron chi connectivity index (χ2n) is 8.37. The second-order valence-corrected chi connectivity index (χ2v) is 8.37. The molecule has 0 spiro atoms. The highest BCUT2D eigenvalue weighted by Gasteiger charge is 2.31. The molecule has 0 aliphatic carbocycles. The van der Waals surface area contributed by atoms with Gasteiger partial charge >= 0.3 is 0 Å². The van der Waals surface area contributed by atoms with E-state index in [2.05, 4.69) is 0 Å². The van der Waals surface area contributed by atoms with Crippen molar-refractivity contribution in [2.24, 2.45) is 0 Å². The summed E-state index contributed by atoms with van der Waals surface area (Å²) in [5.74, 6) is 0.282. The first kappa shape index (κ1) is 23.1. The molecule has 7 nitrogen and oxygen atoms in total. The number of ether oxygens (including phenoxy) is 2. The van der Waals surface area contributed by atoms with Gasteiger partial charge in [-0.1, -0.05) is 36.4 Å². The highest BCUT2D eigenvalue weighted by molar-refractivity contribution is 6.11. The third-order valence-electron chi connectivity index (χ3n) is 5.69. The third kappa shape index (κ3) is 4.98. The van der Waals surface area contributed by atoms with Crippen LogP contribution in [0.2, 0.25) is 0 Å². The van der Waals surface area contributed by atoms with E-state index >= 15 is 0 Å². The third-order valence-corrected chi connectivity index (χ3v) is 5.69. The Balaban J connectivity index is 1.62. The molecule has 0 unspecified atom stereocenters. The van der Waals surface area contributed by atoms with E-state index in [1.165, 1.54) is 12.1 Å². The van der Waals surface area contributed by atoms with E-state index in [9.17, 15) is 15.2 Å². The van der Waals surface area contributed by atoms with Crippen molar-refractivity contribution in [3.63, 3.8) is 0 Å². The maximum atomic E-state index is 13.6. The van der Waals surface area contributed by atoms with Gasteiger partial charge in [-0.05, 0) is 50.3 Å². The van der Waals surface area contributed by atoms with Gasteiger partial charge in [-0.3, -0.25) is 4.79 Å². The highest BCUT2D eigenvalue weighted by atomic mass is 16.5. The number of hydrogen-bond acceptors (Lipinski definition) is 6. The predicted molar refractivity (Wildman–Crippen MR) is 129 cm³/mol. The van der Waals surface area contributed by atoms with Gasteiger partial charge in [-0.15, -0.1) is 0 Å². The quantitative estimate of drug-likeness (QED) is 0.551. The van der Waals surface area contributed by atoms with E-state index in [0.29, 0.717) is 19.6 Å². The van der Waals surface area contributed by atoms with E-state index in [1.54, 1.807) is 4.90 Å². The van der Waals surface area contributed by atoms with Crippen LogP contribution in [0, 0.1) is 11.3 Å². The largest absolute Gasteiger partial charge is 0.507 e. The first-order valence-electron chi connectivity index (χ1n) is 11.1. The molecular weight excluding hydrogens is 430 g/mol. The molecule has 4 rings (SSSR count). The zero-order valence-corrected chi connectivity index (χ0v) is 19.3. The first-order valence-corrected chi connectivity index (χ1v) is 11.1. The minimum atomic E-state index is -0.380. The van der Waals surface area contributed by atoms with Crippen LogP contribution >= 0.6 is 0 Å². The van der Waals surface area contributed by atoms with Crippen molar-refractivity contribution in [2.45, 2.75) is 13.0 Å². The van der Waals surface area contributed by atoms with Gasteiger partial charge in [0.2, 0.25) is 0 Å². The summed E-state index contributed by atoms with van der Waals surface area (Å²) in [6, 6.07) is 20.0. The molecular formula is C27H27N3O4. The van der Waals surface area contributed by atoms with Crippen LogP contribution in [0.15, 0.2) is 60.7 Å². The van der Waals surface area contributed by atoms with E-state index in [4.69, 9.17) is 9.47 Å². The van der Waals surface area contributed by atoms with Crippen LogP contribution < -0.4 is 14.4 Å². The number of amides is 1. The summed E-state index contributed by atoms with van der Waals surface area (Å²) in [7, 11) is 3.97. The number of likely N-dealkylation sites (N-methyl/N-ethyl adjacent to an activating group) is 1. The van der Waals surface area contributed by atoms with Crippen molar-refractivity contribution >= 4 is 11.6 Å². The number of phenols is 1. The number of carbonyl (C=O) groups excluding carboxylic acids is 1. The molecule has 3 aromatic carbocycles. The van der Waals surface area contributed by atoms with Crippen molar-refractivity contribution < 1.29 is 19.4 Å². The summed E-state index contributed by atoms with van der Waals surface area (Å²) in [5.41, 5.74) is 2.89. The van der Waals surface area contributed by atoms with Gasteiger partial charge in [-0.2, -0.15) is 5.26 Å². The number of rotatable bonds is 8. The Kier molecular flexibility index (Phi) is 7.00. The average molecular weight is 458 g/mol. The molecule has 0 radical (unpaired) electrons.